The molecule has 2 aliphatic rings. The number of fused-ring (bicyclic) bond motifs is 2. The van der Waals surface area contributed by atoms with Gasteiger partial charge in [0.15, 0.2) is 0 Å². The van der Waals surface area contributed by atoms with E-state index in [2.05, 4.69) is 28.3 Å². The topological polar surface area (TPSA) is 92.4 Å². The fourth-order valence-corrected chi connectivity index (χ4v) is 4.71. The highest BCUT2D eigenvalue weighted by atomic mass is 16.5. The quantitative estimate of drug-likeness (QED) is 0.628. The number of hydrogen-bond donors (Lipinski definition) is 3. The molecule has 0 radical (unpaired) electrons. The summed E-state index contributed by atoms with van der Waals surface area (Å²) in [5.74, 6) is 0.805. The van der Waals surface area contributed by atoms with E-state index in [9.17, 15) is 10.2 Å². The number of ether oxygens (including phenoxy) is 1. The highest BCUT2D eigenvalue weighted by Crippen LogP contribution is 2.37. The second kappa shape index (κ2) is 7.09. The first-order valence-corrected chi connectivity index (χ1v) is 10.2. The number of aliphatic hydroxyl groups excluding tert-OH is 2. The molecule has 1 aromatic carbocycles. The minimum Gasteiger partial charge on any atom is -0.487 e. The van der Waals surface area contributed by atoms with E-state index in [1.54, 1.807) is 0 Å². The van der Waals surface area contributed by atoms with Gasteiger partial charge in [0.25, 0.3) is 0 Å². The van der Waals surface area contributed by atoms with Gasteiger partial charge in [0.05, 0.1) is 11.7 Å². The number of aromatic nitrogens is 3. The molecule has 3 aromatic rings. The van der Waals surface area contributed by atoms with Crippen molar-refractivity contribution in [3.8, 4) is 5.75 Å². The third-order valence-corrected chi connectivity index (χ3v) is 6.26. The number of nitrogens with zero attached hydrogens (tertiary/aromatic N) is 3. The van der Waals surface area contributed by atoms with Crippen molar-refractivity contribution in [2.75, 3.05) is 6.54 Å². The van der Waals surface area contributed by atoms with Crippen LogP contribution >= 0.6 is 0 Å². The van der Waals surface area contributed by atoms with Gasteiger partial charge in [-0.3, -0.25) is 0 Å². The van der Waals surface area contributed by atoms with Crippen molar-refractivity contribution in [2.45, 2.75) is 57.6 Å². The Bertz CT molecular complexity index is 1060. The molecule has 1 saturated carbocycles. The van der Waals surface area contributed by atoms with Crippen LogP contribution in [-0.4, -0.2) is 49.6 Å². The Morgan fingerprint density at radius 2 is 2.03 bits per heavy atom. The summed E-state index contributed by atoms with van der Waals surface area (Å²) >= 11 is 0. The second-order valence-electron chi connectivity index (χ2n) is 8.19. The predicted octanol–water partition coefficient (Wildman–Crippen LogP) is 1.81. The largest absolute Gasteiger partial charge is 0.487 e. The van der Waals surface area contributed by atoms with Crippen molar-refractivity contribution < 1.29 is 14.9 Å². The highest BCUT2D eigenvalue weighted by Gasteiger charge is 2.44. The number of nitrogens with one attached hydrogen (secondary N) is 1. The number of hydrogen-bond acceptors (Lipinski definition) is 6. The molecule has 0 saturated heterocycles. The monoisotopic (exact) mass is 394 g/mol. The third-order valence-electron chi connectivity index (χ3n) is 6.26. The molecule has 4 unspecified atom stereocenters. The Balaban J connectivity index is 1.45. The zero-order valence-electron chi connectivity index (χ0n) is 16.7. The Labute approximate surface area is 169 Å². The SMILES string of the molecule is Cc1cc2c(c(OC3CC(n4ccc5c(C)ncnc54)C(O)C3O)c1)CNCC2. The normalized spacial score (nSPS) is 26.6. The van der Waals surface area contributed by atoms with Crippen molar-refractivity contribution in [1.82, 2.24) is 19.9 Å². The lowest BCUT2D eigenvalue weighted by molar-refractivity contribution is -0.0166. The van der Waals surface area contributed by atoms with Crippen LogP contribution in [0.1, 0.15) is 34.8 Å². The molecule has 0 bridgehead atoms. The van der Waals surface area contributed by atoms with E-state index in [-0.39, 0.29) is 6.04 Å². The molecule has 1 fully saturated rings. The fraction of sp³-hybridized carbons (Fsp3) is 0.455. The first-order chi connectivity index (χ1) is 14.0. The molecule has 0 spiro atoms. The van der Waals surface area contributed by atoms with Gasteiger partial charge in [0.1, 0.15) is 36.0 Å². The predicted molar refractivity (Wildman–Crippen MR) is 109 cm³/mol. The maximum absolute atomic E-state index is 10.8. The summed E-state index contributed by atoms with van der Waals surface area (Å²) in [7, 11) is 0. The molecule has 7 heteroatoms. The van der Waals surface area contributed by atoms with E-state index in [1.807, 2.05) is 29.8 Å². The van der Waals surface area contributed by atoms with Gasteiger partial charge in [-0.05, 0) is 50.1 Å². The molecule has 152 valence electrons. The summed E-state index contributed by atoms with van der Waals surface area (Å²) < 4.78 is 8.24. The first-order valence-electron chi connectivity index (χ1n) is 10.2. The maximum atomic E-state index is 10.8. The third kappa shape index (κ3) is 3.10. The van der Waals surface area contributed by atoms with Crippen LogP contribution < -0.4 is 10.1 Å². The first kappa shape index (κ1) is 18.5. The molecule has 5 rings (SSSR count). The summed E-state index contributed by atoms with van der Waals surface area (Å²) in [5, 5.41) is 25.9. The summed E-state index contributed by atoms with van der Waals surface area (Å²) in [6.07, 6.45) is 2.55. The van der Waals surface area contributed by atoms with Gasteiger partial charge in [0.2, 0.25) is 0 Å². The van der Waals surface area contributed by atoms with Crippen molar-refractivity contribution in [3.63, 3.8) is 0 Å². The molecule has 3 heterocycles. The van der Waals surface area contributed by atoms with E-state index in [0.29, 0.717) is 6.42 Å². The van der Waals surface area contributed by atoms with Crippen LogP contribution in [0, 0.1) is 13.8 Å². The molecule has 0 amide bonds. The smallest absolute Gasteiger partial charge is 0.143 e. The van der Waals surface area contributed by atoms with Crippen molar-refractivity contribution in [3.05, 3.63) is 53.1 Å². The molecular formula is C22H26N4O3. The van der Waals surface area contributed by atoms with Crippen molar-refractivity contribution in [1.29, 1.82) is 0 Å². The molecule has 1 aliphatic heterocycles. The molecule has 29 heavy (non-hydrogen) atoms. The Hall–Kier alpha value is -2.48. The Morgan fingerprint density at radius 1 is 1.17 bits per heavy atom. The average Bonchev–Trinajstić information content (AvgIpc) is 3.25. The summed E-state index contributed by atoms with van der Waals surface area (Å²) in [4.78, 5) is 8.63. The van der Waals surface area contributed by atoms with E-state index < -0.39 is 18.3 Å². The van der Waals surface area contributed by atoms with Crippen LogP contribution in [0.25, 0.3) is 11.0 Å². The lowest BCUT2D eigenvalue weighted by Gasteiger charge is -2.25. The summed E-state index contributed by atoms with van der Waals surface area (Å²) in [6.45, 7) is 5.73. The summed E-state index contributed by atoms with van der Waals surface area (Å²) in [5.41, 5.74) is 5.27. The molecule has 7 nitrogen and oxygen atoms in total. The van der Waals surface area contributed by atoms with Gasteiger partial charge in [-0.25, -0.2) is 9.97 Å². The zero-order valence-corrected chi connectivity index (χ0v) is 16.7. The van der Waals surface area contributed by atoms with Gasteiger partial charge >= 0.3 is 0 Å². The fourth-order valence-electron chi connectivity index (χ4n) is 4.71. The minimum absolute atomic E-state index is 0.305. The van der Waals surface area contributed by atoms with Crippen LogP contribution in [0.4, 0.5) is 0 Å². The molecule has 3 N–H and O–H groups in total. The van der Waals surface area contributed by atoms with E-state index in [1.165, 1.54) is 11.9 Å². The van der Waals surface area contributed by atoms with E-state index in [0.717, 1.165) is 53.1 Å². The van der Waals surface area contributed by atoms with Crippen LogP contribution in [0.5, 0.6) is 5.75 Å². The number of aliphatic hydroxyl groups is 2. The highest BCUT2D eigenvalue weighted by molar-refractivity contribution is 5.78. The van der Waals surface area contributed by atoms with Crippen molar-refractivity contribution in [2.24, 2.45) is 0 Å². The molecule has 2 aromatic heterocycles. The maximum Gasteiger partial charge on any atom is 0.143 e. The van der Waals surface area contributed by atoms with Crippen LogP contribution in [0.2, 0.25) is 0 Å². The molecule has 4 atom stereocenters. The van der Waals surface area contributed by atoms with Gasteiger partial charge in [0, 0.05) is 30.1 Å². The van der Waals surface area contributed by atoms with Crippen LogP contribution in [0.3, 0.4) is 0 Å². The Morgan fingerprint density at radius 3 is 2.90 bits per heavy atom. The summed E-state index contributed by atoms with van der Waals surface area (Å²) in [6, 6.07) is 5.89. The standard InChI is InChI=1S/C22H26N4O3/c1-12-7-14-3-5-23-10-16(14)18(8-12)29-19-9-17(20(27)21(19)28)26-6-4-15-13(2)24-11-25-22(15)26/h4,6-8,11,17,19-21,23,27-28H,3,5,9-10H2,1-2H3. The number of rotatable bonds is 3. The van der Waals surface area contributed by atoms with E-state index >= 15 is 0 Å². The van der Waals surface area contributed by atoms with Crippen molar-refractivity contribution >= 4 is 11.0 Å². The van der Waals surface area contributed by atoms with Crippen LogP contribution in [0.15, 0.2) is 30.7 Å². The zero-order chi connectivity index (χ0) is 20.1. The average molecular weight is 394 g/mol. The lowest BCUT2D eigenvalue weighted by atomic mass is 9.97. The van der Waals surface area contributed by atoms with Gasteiger partial charge in [-0.15, -0.1) is 0 Å². The molecular weight excluding hydrogens is 368 g/mol. The van der Waals surface area contributed by atoms with Crippen LogP contribution in [-0.2, 0) is 13.0 Å². The van der Waals surface area contributed by atoms with Gasteiger partial charge in [-0.1, -0.05) is 6.07 Å². The minimum atomic E-state index is -0.965. The Kier molecular flexibility index (Phi) is 4.53. The number of aryl methyl sites for hydroxylation is 2. The second-order valence-corrected chi connectivity index (χ2v) is 8.19. The van der Waals surface area contributed by atoms with Gasteiger partial charge in [-0.2, -0.15) is 0 Å². The lowest BCUT2D eigenvalue weighted by Crippen LogP contribution is -2.35. The van der Waals surface area contributed by atoms with E-state index in [4.69, 9.17) is 4.74 Å². The van der Waals surface area contributed by atoms with Gasteiger partial charge < -0.3 is 24.8 Å². The molecule has 1 aliphatic carbocycles. The number of benzene rings is 1.